The molecule has 1 aromatic heterocycles. The fraction of sp³-hybridized carbons (Fsp3) is 0.375. The Bertz CT molecular complexity index is 400. The lowest BCUT2D eigenvalue weighted by Gasteiger charge is -2.03. The lowest BCUT2D eigenvalue weighted by atomic mass is 10.2. The first-order valence-corrected chi connectivity index (χ1v) is 6.47. The van der Waals surface area contributed by atoms with Gasteiger partial charge in [-0.05, 0) is 12.1 Å². The third-order valence-corrected chi connectivity index (χ3v) is 2.84. The maximum atomic E-state index is 10.9. The molecule has 0 radical (unpaired) electrons. The van der Waals surface area contributed by atoms with Gasteiger partial charge < -0.3 is 0 Å². The molecule has 6 heteroatoms. The fourth-order valence-corrected chi connectivity index (χ4v) is 1.78. The number of hydrogen-bond donors (Lipinski definition) is 1. The highest BCUT2D eigenvalue weighted by atomic mass is 79.9. The summed E-state index contributed by atoms with van der Waals surface area (Å²) in [4.78, 5) is 4.36. The van der Waals surface area contributed by atoms with Crippen LogP contribution in [0.25, 0.3) is 0 Å². The van der Waals surface area contributed by atoms with Crippen molar-refractivity contribution in [2.45, 2.75) is 23.1 Å². The van der Waals surface area contributed by atoms with E-state index in [0.717, 1.165) is 12.1 Å². The number of primary sulfonamides is 1. The van der Waals surface area contributed by atoms with Crippen molar-refractivity contribution in [3.05, 3.63) is 24.0 Å². The number of alkyl halides is 1. The van der Waals surface area contributed by atoms with E-state index in [2.05, 4.69) is 20.9 Å². The zero-order chi connectivity index (χ0) is 10.8. The Hall–Kier alpha value is -0.460. The molecule has 0 saturated heterocycles. The topological polar surface area (TPSA) is 73.1 Å². The number of rotatable bonds is 3. The standard InChI is InChI=1S/C8H11BrN2O2S/c1-6(9)4-7-2-3-8(5-11-7)14(10,12)13/h2-3,5-6H,4H2,1H3,(H2,10,12,13). The molecule has 0 amide bonds. The van der Waals surface area contributed by atoms with Crippen molar-refractivity contribution < 1.29 is 8.42 Å². The average molecular weight is 279 g/mol. The molecule has 0 spiro atoms. The number of aromatic nitrogens is 1. The summed E-state index contributed by atoms with van der Waals surface area (Å²) in [6, 6.07) is 3.13. The van der Waals surface area contributed by atoms with E-state index in [1.54, 1.807) is 6.07 Å². The Labute approximate surface area is 91.7 Å². The van der Waals surface area contributed by atoms with Crippen molar-refractivity contribution in [2.75, 3.05) is 0 Å². The first kappa shape index (κ1) is 11.6. The first-order valence-electron chi connectivity index (χ1n) is 4.01. The molecule has 0 aliphatic carbocycles. The molecule has 0 saturated carbocycles. The Balaban J connectivity index is 2.90. The summed E-state index contributed by atoms with van der Waals surface area (Å²) in [5, 5.41) is 4.93. The molecular weight excluding hydrogens is 268 g/mol. The third-order valence-electron chi connectivity index (χ3n) is 1.62. The van der Waals surface area contributed by atoms with E-state index in [1.165, 1.54) is 12.3 Å². The van der Waals surface area contributed by atoms with Crippen LogP contribution in [-0.2, 0) is 16.4 Å². The summed E-state index contributed by atoms with van der Waals surface area (Å²) >= 11 is 3.39. The molecule has 0 aromatic carbocycles. The van der Waals surface area contributed by atoms with Gasteiger partial charge in [-0.3, -0.25) is 4.98 Å². The van der Waals surface area contributed by atoms with Crippen LogP contribution < -0.4 is 5.14 Å². The molecule has 2 N–H and O–H groups in total. The molecule has 14 heavy (non-hydrogen) atoms. The van der Waals surface area contributed by atoms with Crippen LogP contribution in [0.4, 0.5) is 0 Å². The minimum atomic E-state index is -3.62. The van der Waals surface area contributed by atoms with Gasteiger partial charge >= 0.3 is 0 Å². The van der Waals surface area contributed by atoms with Gasteiger partial charge in [0.05, 0.1) is 0 Å². The number of sulfonamides is 1. The minimum Gasteiger partial charge on any atom is -0.260 e. The second-order valence-corrected chi connectivity index (χ2v) is 6.14. The summed E-state index contributed by atoms with van der Waals surface area (Å²) in [6.07, 6.45) is 2.03. The van der Waals surface area contributed by atoms with Crippen molar-refractivity contribution in [3.8, 4) is 0 Å². The van der Waals surface area contributed by atoms with E-state index >= 15 is 0 Å². The van der Waals surface area contributed by atoms with Gasteiger partial charge in [-0.1, -0.05) is 22.9 Å². The largest absolute Gasteiger partial charge is 0.260 e. The Morgan fingerprint density at radius 3 is 2.57 bits per heavy atom. The van der Waals surface area contributed by atoms with Crippen molar-refractivity contribution in [2.24, 2.45) is 5.14 Å². The lowest BCUT2D eigenvalue weighted by Crippen LogP contribution is -2.12. The predicted molar refractivity (Wildman–Crippen MR) is 57.7 cm³/mol. The smallest absolute Gasteiger partial charge is 0.239 e. The van der Waals surface area contributed by atoms with Crippen molar-refractivity contribution in [3.63, 3.8) is 0 Å². The molecule has 78 valence electrons. The second-order valence-electron chi connectivity index (χ2n) is 3.02. The van der Waals surface area contributed by atoms with E-state index in [0.29, 0.717) is 4.83 Å². The Morgan fingerprint density at radius 1 is 1.57 bits per heavy atom. The number of nitrogens with zero attached hydrogens (tertiary/aromatic N) is 1. The molecule has 0 aliphatic heterocycles. The van der Waals surface area contributed by atoms with Crippen LogP contribution >= 0.6 is 15.9 Å². The predicted octanol–water partition coefficient (Wildman–Crippen LogP) is 1.05. The molecule has 0 fully saturated rings. The third kappa shape index (κ3) is 3.36. The molecule has 1 atom stereocenters. The summed E-state index contributed by atoms with van der Waals surface area (Å²) in [5.41, 5.74) is 0.835. The van der Waals surface area contributed by atoms with Crippen molar-refractivity contribution in [1.82, 2.24) is 4.98 Å². The van der Waals surface area contributed by atoms with Gasteiger partial charge in [-0.25, -0.2) is 13.6 Å². The molecule has 0 aliphatic rings. The number of nitrogens with two attached hydrogens (primary N) is 1. The Morgan fingerprint density at radius 2 is 2.21 bits per heavy atom. The zero-order valence-electron chi connectivity index (χ0n) is 7.64. The van der Waals surface area contributed by atoms with Gasteiger partial charge in [0, 0.05) is 23.1 Å². The molecule has 4 nitrogen and oxygen atoms in total. The van der Waals surface area contributed by atoms with Crippen molar-refractivity contribution >= 4 is 26.0 Å². The van der Waals surface area contributed by atoms with Crippen LogP contribution in [0.2, 0.25) is 0 Å². The van der Waals surface area contributed by atoms with E-state index in [1.807, 2.05) is 6.92 Å². The van der Waals surface area contributed by atoms with Crippen molar-refractivity contribution in [1.29, 1.82) is 0 Å². The van der Waals surface area contributed by atoms with Crippen LogP contribution in [0.15, 0.2) is 23.2 Å². The fourth-order valence-electron chi connectivity index (χ4n) is 0.988. The average Bonchev–Trinajstić information content (AvgIpc) is 2.02. The van der Waals surface area contributed by atoms with Crippen LogP contribution in [0, 0.1) is 0 Å². The molecule has 1 rings (SSSR count). The van der Waals surface area contributed by atoms with E-state index < -0.39 is 10.0 Å². The minimum absolute atomic E-state index is 0.0449. The van der Waals surface area contributed by atoms with Gasteiger partial charge in [-0.2, -0.15) is 0 Å². The highest BCUT2D eigenvalue weighted by Gasteiger charge is 2.08. The molecule has 1 unspecified atom stereocenters. The number of pyridine rings is 1. The number of hydrogen-bond acceptors (Lipinski definition) is 3. The van der Waals surface area contributed by atoms with Crippen LogP contribution in [0.3, 0.4) is 0 Å². The van der Waals surface area contributed by atoms with Gasteiger partial charge in [0.15, 0.2) is 0 Å². The normalized spacial score (nSPS) is 13.9. The molecule has 1 aromatic rings. The van der Waals surface area contributed by atoms with Crippen LogP contribution in [0.5, 0.6) is 0 Å². The monoisotopic (exact) mass is 278 g/mol. The summed E-state index contributed by atoms with van der Waals surface area (Å²) in [5.74, 6) is 0. The quantitative estimate of drug-likeness (QED) is 0.841. The van der Waals surface area contributed by atoms with Crippen LogP contribution in [0.1, 0.15) is 12.6 Å². The maximum Gasteiger partial charge on any atom is 0.239 e. The molecular formula is C8H11BrN2O2S. The van der Waals surface area contributed by atoms with Gasteiger partial charge in [0.25, 0.3) is 0 Å². The first-order chi connectivity index (χ1) is 6.39. The van der Waals surface area contributed by atoms with Gasteiger partial charge in [0.2, 0.25) is 10.0 Å². The number of halogens is 1. The zero-order valence-corrected chi connectivity index (χ0v) is 10.0. The molecule has 0 bridgehead atoms. The summed E-state index contributed by atoms with van der Waals surface area (Å²) in [7, 11) is -3.62. The second kappa shape index (κ2) is 4.37. The van der Waals surface area contributed by atoms with E-state index in [-0.39, 0.29) is 4.90 Å². The van der Waals surface area contributed by atoms with E-state index in [4.69, 9.17) is 5.14 Å². The maximum absolute atomic E-state index is 10.9. The lowest BCUT2D eigenvalue weighted by molar-refractivity contribution is 0.597. The Kier molecular flexibility index (Phi) is 3.63. The van der Waals surface area contributed by atoms with Gasteiger partial charge in [-0.15, -0.1) is 0 Å². The van der Waals surface area contributed by atoms with Crippen LogP contribution in [-0.4, -0.2) is 18.2 Å². The SMILES string of the molecule is CC(Br)Cc1ccc(S(N)(=O)=O)cn1. The molecule has 1 heterocycles. The van der Waals surface area contributed by atoms with Gasteiger partial charge in [0.1, 0.15) is 4.90 Å². The highest BCUT2D eigenvalue weighted by molar-refractivity contribution is 9.09. The highest BCUT2D eigenvalue weighted by Crippen LogP contribution is 2.09. The summed E-state index contributed by atoms with van der Waals surface area (Å²) in [6.45, 7) is 2.00. The summed E-state index contributed by atoms with van der Waals surface area (Å²) < 4.78 is 21.8. The van der Waals surface area contributed by atoms with E-state index in [9.17, 15) is 8.42 Å².